The number of hydrogen-bond donors (Lipinski definition) is 2. The van der Waals surface area contributed by atoms with Crippen molar-refractivity contribution in [2.75, 3.05) is 12.8 Å². The lowest BCUT2D eigenvalue weighted by atomic mass is 10.1. The van der Waals surface area contributed by atoms with E-state index < -0.39 is 0 Å². The number of carbonyl (C=O) groups excluding carboxylic acids is 1. The lowest BCUT2D eigenvalue weighted by molar-refractivity contribution is -0.121. The maximum atomic E-state index is 12.5. The summed E-state index contributed by atoms with van der Waals surface area (Å²) in [6.45, 7) is 3.14. The first kappa shape index (κ1) is 23.7. The van der Waals surface area contributed by atoms with Crippen molar-refractivity contribution in [2.45, 2.75) is 69.6 Å². The summed E-state index contributed by atoms with van der Waals surface area (Å²) in [5, 5.41) is 20.0. The van der Waals surface area contributed by atoms with Crippen LogP contribution in [0.4, 0.5) is 0 Å². The third-order valence-electron chi connectivity index (χ3n) is 6.10. The Morgan fingerprint density at radius 3 is 2.88 bits per heavy atom. The van der Waals surface area contributed by atoms with Gasteiger partial charge in [-0.3, -0.25) is 14.5 Å². The van der Waals surface area contributed by atoms with E-state index in [1.807, 2.05) is 29.7 Å². The van der Waals surface area contributed by atoms with Crippen LogP contribution in [0.5, 0.6) is 0 Å². The molecule has 2 aromatic heterocycles. The lowest BCUT2D eigenvalue weighted by Gasteiger charge is -2.16. The highest BCUT2D eigenvalue weighted by Crippen LogP contribution is 2.33. The molecule has 176 valence electrons. The van der Waals surface area contributed by atoms with Crippen LogP contribution in [0.15, 0.2) is 29.4 Å². The highest BCUT2D eigenvalue weighted by atomic mass is 32.2. The van der Waals surface area contributed by atoms with Gasteiger partial charge in [-0.1, -0.05) is 48.4 Å². The molecule has 2 N–H and O–H groups in total. The molecule has 8 nitrogen and oxygen atoms in total. The van der Waals surface area contributed by atoms with Gasteiger partial charge in [0.15, 0.2) is 15.8 Å². The number of nitrogens with one attached hydrogen (secondary N) is 2. The quantitative estimate of drug-likeness (QED) is 0.250. The van der Waals surface area contributed by atoms with Crippen LogP contribution in [0.25, 0.3) is 11.4 Å². The first-order chi connectivity index (χ1) is 16.1. The molecule has 1 saturated carbocycles. The SMILES string of the molecule is CSc1nnc(CCCNC(=O)CCn2c(-c3cccc(C)c3)n[nH]c2=S)n1C1CCCC1. The van der Waals surface area contributed by atoms with Gasteiger partial charge in [0.1, 0.15) is 5.82 Å². The number of aryl methyl sites for hydroxylation is 2. The maximum Gasteiger partial charge on any atom is 0.221 e. The van der Waals surface area contributed by atoms with Gasteiger partial charge in [0.2, 0.25) is 5.91 Å². The molecule has 4 rings (SSSR count). The molecule has 0 aliphatic heterocycles. The molecule has 1 aliphatic carbocycles. The second-order valence-corrected chi connectivity index (χ2v) is 9.65. The lowest BCUT2D eigenvalue weighted by Crippen LogP contribution is -2.26. The first-order valence-electron chi connectivity index (χ1n) is 11.5. The monoisotopic (exact) mass is 485 g/mol. The molecule has 1 aliphatic rings. The van der Waals surface area contributed by atoms with Crippen LogP contribution in [0, 0.1) is 11.7 Å². The van der Waals surface area contributed by atoms with Gasteiger partial charge in [-0.15, -0.1) is 10.2 Å². The standard InChI is InChI=1S/C23H31N7OS2/c1-16-7-5-8-17(15-16)21-26-27-22(32)29(21)14-12-20(31)24-13-6-11-19-25-28-23(33-2)30(19)18-9-3-4-10-18/h5,7-8,15,18H,3-4,6,9-14H2,1-2H3,(H,24,31)(H,27,32). The Kier molecular flexibility index (Phi) is 7.97. The topological polar surface area (TPSA) is 93.4 Å². The summed E-state index contributed by atoms with van der Waals surface area (Å²) in [6.07, 6.45) is 9.01. The van der Waals surface area contributed by atoms with Crippen molar-refractivity contribution in [3.8, 4) is 11.4 Å². The number of aromatic amines is 1. The molecule has 10 heteroatoms. The van der Waals surface area contributed by atoms with Crippen molar-refractivity contribution in [3.63, 3.8) is 0 Å². The van der Waals surface area contributed by atoms with E-state index in [4.69, 9.17) is 12.2 Å². The fraction of sp³-hybridized carbons (Fsp3) is 0.522. The normalized spacial score (nSPS) is 14.1. The Morgan fingerprint density at radius 1 is 1.30 bits per heavy atom. The van der Waals surface area contributed by atoms with E-state index in [0.29, 0.717) is 30.3 Å². The molecular formula is C23H31N7OS2. The van der Waals surface area contributed by atoms with Crippen LogP contribution < -0.4 is 5.32 Å². The maximum absolute atomic E-state index is 12.5. The highest BCUT2D eigenvalue weighted by molar-refractivity contribution is 7.98. The van der Waals surface area contributed by atoms with E-state index in [1.54, 1.807) is 11.8 Å². The van der Waals surface area contributed by atoms with Crippen LogP contribution in [0.1, 0.15) is 56.0 Å². The second-order valence-electron chi connectivity index (χ2n) is 8.49. The minimum absolute atomic E-state index is 0.00959. The molecule has 0 spiro atoms. The van der Waals surface area contributed by atoms with E-state index in [2.05, 4.69) is 42.6 Å². The summed E-state index contributed by atoms with van der Waals surface area (Å²) in [5.41, 5.74) is 2.14. The van der Waals surface area contributed by atoms with E-state index in [9.17, 15) is 4.79 Å². The largest absolute Gasteiger partial charge is 0.356 e. The van der Waals surface area contributed by atoms with Crippen molar-refractivity contribution in [3.05, 3.63) is 40.4 Å². The Hall–Kier alpha value is -2.46. The van der Waals surface area contributed by atoms with Crippen LogP contribution in [-0.2, 0) is 17.8 Å². The fourth-order valence-corrected chi connectivity index (χ4v) is 5.25. The van der Waals surface area contributed by atoms with E-state index in [1.165, 1.54) is 25.7 Å². The number of thioether (sulfide) groups is 1. The molecule has 1 amide bonds. The Morgan fingerprint density at radius 2 is 2.12 bits per heavy atom. The molecule has 0 atom stereocenters. The fourth-order valence-electron chi connectivity index (χ4n) is 4.45. The average molecular weight is 486 g/mol. The van der Waals surface area contributed by atoms with Gasteiger partial charge in [-0.05, 0) is 50.7 Å². The third kappa shape index (κ3) is 5.73. The average Bonchev–Trinajstić information content (AvgIpc) is 3.55. The summed E-state index contributed by atoms with van der Waals surface area (Å²) in [7, 11) is 0. The zero-order valence-electron chi connectivity index (χ0n) is 19.2. The zero-order valence-corrected chi connectivity index (χ0v) is 20.8. The molecule has 1 aromatic carbocycles. The predicted octanol–water partition coefficient (Wildman–Crippen LogP) is 4.48. The Balaban J connectivity index is 1.27. The van der Waals surface area contributed by atoms with Crippen molar-refractivity contribution < 1.29 is 4.79 Å². The number of H-pyrrole nitrogens is 1. The van der Waals surface area contributed by atoms with E-state index in [0.717, 1.165) is 40.8 Å². The van der Waals surface area contributed by atoms with Crippen LogP contribution in [0.3, 0.4) is 0 Å². The minimum Gasteiger partial charge on any atom is -0.356 e. The third-order valence-corrected chi connectivity index (χ3v) is 7.06. The minimum atomic E-state index is 0.00959. The van der Waals surface area contributed by atoms with E-state index in [-0.39, 0.29) is 5.91 Å². The molecule has 0 bridgehead atoms. The molecule has 33 heavy (non-hydrogen) atoms. The highest BCUT2D eigenvalue weighted by Gasteiger charge is 2.23. The van der Waals surface area contributed by atoms with Crippen molar-refractivity contribution in [2.24, 2.45) is 0 Å². The first-order valence-corrected chi connectivity index (χ1v) is 13.2. The predicted molar refractivity (Wildman–Crippen MR) is 133 cm³/mol. The van der Waals surface area contributed by atoms with Crippen LogP contribution in [-0.4, -0.2) is 48.2 Å². The zero-order chi connectivity index (χ0) is 23.2. The van der Waals surface area contributed by atoms with Gasteiger partial charge >= 0.3 is 0 Å². The molecule has 0 saturated heterocycles. The number of benzene rings is 1. The molecule has 0 radical (unpaired) electrons. The van der Waals surface area contributed by atoms with Gasteiger partial charge in [-0.2, -0.15) is 5.10 Å². The Labute approximate surface area is 203 Å². The number of carbonyl (C=O) groups is 1. The molecule has 2 heterocycles. The van der Waals surface area contributed by atoms with Crippen molar-refractivity contribution in [1.29, 1.82) is 0 Å². The number of aromatic nitrogens is 6. The summed E-state index contributed by atoms with van der Waals surface area (Å²) < 4.78 is 4.74. The number of nitrogens with zero attached hydrogens (tertiary/aromatic N) is 5. The van der Waals surface area contributed by atoms with Gasteiger partial charge in [0.25, 0.3) is 0 Å². The summed E-state index contributed by atoms with van der Waals surface area (Å²) in [4.78, 5) is 12.5. The van der Waals surface area contributed by atoms with Gasteiger partial charge in [0, 0.05) is 37.5 Å². The van der Waals surface area contributed by atoms with Crippen LogP contribution in [0.2, 0.25) is 0 Å². The van der Waals surface area contributed by atoms with Gasteiger partial charge in [-0.25, -0.2) is 0 Å². The van der Waals surface area contributed by atoms with Crippen molar-refractivity contribution >= 4 is 29.9 Å². The summed E-state index contributed by atoms with van der Waals surface area (Å²) in [5.74, 6) is 1.80. The van der Waals surface area contributed by atoms with E-state index >= 15 is 0 Å². The Bertz CT molecular complexity index is 1140. The summed E-state index contributed by atoms with van der Waals surface area (Å²) in [6, 6.07) is 8.63. The van der Waals surface area contributed by atoms with Crippen molar-refractivity contribution in [1.82, 2.24) is 34.8 Å². The molecular weight excluding hydrogens is 454 g/mol. The van der Waals surface area contributed by atoms with Gasteiger partial charge in [0.05, 0.1) is 0 Å². The molecule has 0 unspecified atom stereocenters. The van der Waals surface area contributed by atoms with Gasteiger partial charge < -0.3 is 9.88 Å². The summed E-state index contributed by atoms with van der Waals surface area (Å²) >= 11 is 7.04. The second kappa shape index (κ2) is 11.1. The number of amides is 1. The number of rotatable bonds is 10. The molecule has 1 fully saturated rings. The molecule has 3 aromatic rings. The smallest absolute Gasteiger partial charge is 0.221 e. The number of hydrogen-bond acceptors (Lipinski definition) is 6. The van der Waals surface area contributed by atoms with Crippen LogP contribution >= 0.6 is 24.0 Å².